The molecule has 2 unspecified atom stereocenters. The first-order valence-corrected chi connectivity index (χ1v) is 6.51. The maximum Gasteiger partial charge on any atom is 0.327 e. The summed E-state index contributed by atoms with van der Waals surface area (Å²) in [6, 6.07) is 0. The highest BCUT2D eigenvalue weighted by Gasteiger charge is 2.30. The van der Waals surface area contributed by atoms with Crippen molar-refractivity contribution in [3.8, 4) is 0 Å². The van der Waals surface area contributed by atoms with Crippen LogP contribution < -0.4 is 0 Å². The highest BCUT2D eigenvalue weighted by Crippen LogP contribution is 2.40. The van der Waals surface area contributed by atoms with E-state index in [4.69, 9.17) is 10.2 Å². The van der Waals surface area contributed by atoms with E-state index in [0.717, 1.165) is 12.8 Å². The summed E-state index contributed by atoms with van der Waals surface area (Å²) in [5.41, 5.74) is -0.516. The fourth-order valence-corrected chi connectivity index (χ4v) is 2.07. The van der Waals surface area contributed by atoms with Crippen molar-refractivity contribution in [2.24, 2.45) is 10.8 Å². The topological polar surface area (TPSA) is 74.6 Å². The molecule has 0 saturated carbocycles. The average Bonchev–Trinajstić information content (AvgIpc) is 2.34. The fraction of sp³-hybridized carbons (Fsp3) is 0.600. The molecule has 19 heavy (non-hydrogen) atoms. The maximum atomic E-state index is 10.6. The van der Waals surface area contributed by atoms with Gasteiger partial charge in [0.15, 0.2) is 0 Å². The molecule has 4 heteroatoms. The van der Waals surface area contributed by atoms with Crippen LogP contribution in [0.2, 0.25) is 0 Å². The van der Waals surface area contributed by atoms with E-state index in [1.165, 1.54) is 12.2 Å². The van der Waals surface area contributed by atoms with Crippen molar-refractivity contribution in [2.75, 3.05) is 0 Å². The summed E-state index contributed by atoms with van der Waals surface area (Å²) in [6.45, 7) is 8.00. The third-order valence-corrected chi connectivity index (χ3v) is 3.68. The minimum absolute atomic E-state index is 0.258. The molecule has 0 bridgehead atoms. The molecule has 0 aromatic rings. The first-order chi connectivity index (χ1) is 8.66. The summed E-state index contributed by atoms with van der Waals surface area (Å²) in [5, 5.41) is 17.5. The predicted molar refractivity (Wildman–Crippen MR) is 75.0 cm³/mol. The lowest BCUT2D eigenvalue weighted by Gasteiger charge is -2.35. The molecule has 2 N–H and O–H groups in total. The van der Waals surface area contributed by atoms with Crippen molar-refractivity contribution in [3.05, 3.63) is 24.3 Å². The Morgan fingerprint density at radius 1 is 0.895 bits per heavy atom. The van der Waals surface area contributed by atoms with E-state index < -0.39 is 11.9 Å². The number of carboxylic acid groups (broad SMARTS) is 2. The number of carboxylic acids is 2. The molecule has 0 amide bonds. The van der Waals surface area contributed by atoms with E-state index in [9.17, 15) is 9.59 Å². The van der Waals surface area contributed by atoms with E-state index in [1.807, 2.05) is 27.7 Å². The molecular weight excluding hydrogens is 244 g/mol. The van der Waals surface area contributed by atoms with Gasteiger partial charge in [-0.1, -0.05) is 39.8 Å². The number of hydrogen-bond acceptors (Lipinski definition) is 2. The maximum absolute atomic E-state index is 10.6. The molecule has 0 aliphatic heterocycles. The van der Waals surface area contributed by atoms with Crippen LogP contribution in [-0.2, 0) is 9.59 Å². The minimum atomic E-state index is -0.959. The van der Waals surface area contributed by atoms with Crippen LogP contribution in [0.25, 0.3) is 0 Å². The normalized spacial score (nSPS) is 18.3. The first-order valence-electron chi connectivity index (χ1n) is 6.51. The molecule has 0 aliphatic rings. The summed E-state index contributed by atoms with van der Waals surface area (Å²) in [6.07, 6.45) is 8.05. The van der Waals surface area contributed by atoms with Crippen LogP contribution >= 0.6 is 0 Å². The smallest absolute Gasteiger partial charge is 0.327 e. The van der Waals surface area contributed by atoms with Crippen molar-refractivity contribution in [2.45, 2.75) is 47.0 Å². The van der Waals surface area contributed by atoms with Gasteiger partial charge in [0.25, 0.3) is 0 Å². The summed E-state index contributed by atoms with van der Waals surface area (Å²) in [5.74, 6) is -1.92. The monoisotopic (exact) mass is 268 g/mol. The zero-order valence-electron chi connectivity index (χ0n) is 12.1. The van der Waals surface area contributed by atoms with Crippen molar-refractivity contribution < 1.29 is 19.8 Å². The third-order valence-electron chi connectivity index (χ3n) is 3.68. The van der Waals surface area contributed by atoms with E-state index in [1.54, 1.807) is 12.2 Å². The van der Waals surface area contributed by atoms with Crippen LogP contribution in [0.4, 0.5) is 0 Å². The Kier molecular flexibility index (Phi) is 6.53. The first kappa shape index (κ1) is 17.4. The van der Waals surface area contributed by atoms with Crippen LogP contribution in [0.1, 0.15) is 47.0 Å². The van der Waals surface area contributed by atoms with Gasteiger partial charge in [-0.15, -0.1) is 0 Å². The Bertz CT molecular complexity index is 348. The van der Waals surface area contributed by atoms with Crippen molar-refractivity contribution >= 4 is 11.9 Å². The molecule has 0 saturated heterocycles. The predicted octanol–water partition coefficient (Wildman–Crippen LogP) is 3.49. The van der Waals surface area contributed by atoms with E-state index in [2.05, 4.69) is 0 Å². The minimum Gasteiger partial charge on any atom is -0.478 e. The SMILES string of the molecule is CCC(C)(/C=C/C(=O)O)CC(C)(/C=C/C(=O)O)CC. The molecule has 0 heterocycles. The Hall–Kier alpha value is -1.58. The van der Waals surface area contributed by atoms with Gasteiger partial charge in [-0.05, 0) is 30.1 Å². The molecular formula is C15H24O4. The standard InChI is InChI=1S/C15H24O4/c1-5-14(3,9-7-12(16)17)11-15(4,6-2)10-8-13(18)19/h7-10H,5-6,11H2,1-4H3,(H,16,17)(H,18,19)/b9-7+,10-8+. The van der Waals surface area contributed by atoms with E-state index in [-0.39, 0.29) is 10.8 Å². The van der Waals surface area contributed by atoms with Crippen molar-refractivity contribution in [1.29, 1.82) is 0 Å². The molecule has 0 radical (unpaired) electrons. The van der Waals surface area contributed by atoms with Gasteiger partial charge in [0, 0.05) is 12.2 Å². The Morgan fingerprint density at radius 3 is 1.42 bits per heavy atom. The van der Waals surface area contributed by atoms with Gasteiger partial charge in [-0.2, -0.15) is 0 Å². The number of aliphatic carboxylic acids is 2. The van der Waals surface area contributed by atoms with Crippen LogP contribution in [0, 0.1) is 10.8 Å². The number of rotatable bonds is 8. The number of allylic oxidation sites excluding steroid dienone is 2. The van der Waals surface area contributed by atoms with Gasteiger partial charge >= 0.3 is 11.9 Å². The van der Waals surface area contributed by atoms with E-state index >= 15 is 0 Å². The van der Waals surface area contributed by atoms with Gasteiger partial charge in [-0.25, -0.2) is 9.59 Å². The Balaban J connectivity index is 5.09. The highest BCUT2D eigenvalue weighted by atomic mass is 16.4. The zero-order chi connectivity index (χ0) is 15.1. The molecule has 0 rings (SSSR count). The quantitative estimate of drug-likeness (QED) is 0.661. The summed E-state index contributed by atoms with van der Waals surface area (Å²) < 4.78 is 0. The molecule has 0 aromatic carbocycles. The molecule has 0 aromatic heterocycles. The Morgan fingerprint density at radius 2 is 1.21 bits per heavy atom. The van der Waals surface area contributed by atoms with Gasteiger partial charge in [0.2, 0.25) is 0 Å². The molecule has 0 aliphatic carbocycles. The van der Waals surface area contributed by atoms with Crippen LogP contribution in [0.5, 0.6) is 0 Å². The van der Waals surface area contributed by atoms with Gasteiger partial charge in [0.05, 0.1) is 0 Å². The second-order valence-electron chi connectivity index (χ2n) is 5.54. The van der Waals surface area contributed by atoms with Gasteiger partial charge in [-0.3, -0.25) is 0 Å². The third kappa shape index (κ3) is 6.79. The highest BCUT2D eigenvalue weighted by molar-refractivity contribution is 5.80. The number of carbonyl (C=O) groups is 2. The Labute approximate surface area is 114 Å². The molecule has 0 spiro atoms. The van der Waals surface area contributed by atoms with Crippen LogP contribution in [-0.4, -0.2) is 22.2 Å². The summed E-state index contributed by atoms with van der Waals surface area (Å²) in [7, 11) is 0. The second-order valence-corrected chi connectivity index (χ2v) is 5.54. The molecule has 2 atom stereocenters. The summed E-state index contributed by atoms with van der Waals surface area (Å²) in [4.78, 5) is 21.3. The van der Waals surface area contributed by atoms with Gasteiger partial charge in [0.1, 0.15) is 0 Å². The fourth-order valence-electron chi connectivity index (χ4n) is 2.07. The van der Waals surface area contributed by atoms with Crippen molar-refractivity contribution in [1.82, 2.24) is 0 Å². The largest absolute Gasteiger partial charge is 0.478 e. The second kappa shape index (κ2) is 7.12. The molecule has 0 fully saturated rings. The average molecular weight is 268 g/mol. The van der Waals surface area contributed by atoms with E-state index in [0.29, 0.717) is 6.42 Å². The zero-order valence-corrected chi connectivity index (χ0v) is 12.1. The van der Waals surface area contributed by atoms with Crippen LogP contribution in [0.3, 0.4) is 0 Å². The lowest BCUT2D eigenvalue weighted by Crippen LogP contribution is -2.24. The lowest BCUT2D eigenvalue weighted by molar-refractivity contribution is -0.132. The summed E-state index contributed by atoms with van der Waals surface area (Å²) >= 11 is 0. The van der Waals surface area contributed by atoms with Crippen molar-refractivity contribution in [3.63, 3.8) is 0 Å². The molecule has 4 nitrogen and oxygen atoms in total. The number of hydrogen-bond donors (Lipinski definition) is 2. The van der Waals surface area contributed by atoms with Crippen LogP contribution in [0.15, 0.2) is 24.3 Å². The molecule has 108 valence electrons. The lowest BCUT2D eigenvalue weighted by atomic mass is 9.70. The van der Waals surface area contributed by atoms with Gasteiger partial charge < -0.3 is 10.2 Å².